The zero-order valence-corrected chi connectivity index (χ0v) is 11.7. The molecule has 1 saturated heterocycles. The van der Waals surface area contributed by atoms with E-state index in [1.807, 2.05) is 4.90 Å². The Bertz CT molecular complexity index is 592. The van der Waals surface area contributed by atoms with Gasteiger partial charge >= 0.3 is 0 Å². The van der Waals surface area contributed by atoms with Crippen LogP contribution in [0.3, 0.4) is 0 Å². The first-order valence-electron chi connectivity index (χ1n) is 7.09. The summed E-state index contributed by atoms with van der Waals surface area (Å²) < 4.78 is 0. The molecule has 1 aromatic carbocycles. The third kappa shape index (κ3) is 2.46. The van der Waals surface area contributed by atoms with Gasteiger partial charge in [0, 0.05) is 19.0 Å². The van der Waals surface area contributed by atoms with E-state index >= 15 is 0 Å². The molecule has 1 aliphatic rings. The topological polar surface area (TPSA) is 49.0 Å². The number of amides is 1. The SMILES string of the molecule is Cc1ccccc1C1CCCN(C(=O)c2cnc[nH]2)C1. The third-order valence-electron chi connectivity index (χ3n) is 4.07. The number of carbonyl (C=O) groups excluding carboxylic acids is 1. The van der Waals surface area contributed by atoms with Crippen LogP contribution in [0.1, 0.15) is 40.4 Å². The predicted molar refractivity (Wildman–Crippen MR) is 77.6 cm³/mol. The molecular weight excluding hydrogens is 250 g/mol. The second kappa shape index (κ2) is 5.49. The van der Waals surface area contributed by atoms with Gasteiger partial charge in [-0.05, 0) is 30.9 Å². The summed E-state index contributed by atoms with van der Waals surface area (Å²) in [4.78, 5) is 21.1. The Morgan fingerprint density at radius 3 is 3.00 bits per heavy atom. The summed E-state index contributed by atoms with van der Waals surface area (Å²) in [5.74, 6) is 0.498. The van der Waals surface area contributed by atoms with E-state index in [-0.39, 0.29) is 5.91 Å². The molecule has 3 rings (SSSR count). The molecule has 0 aliphatic carbocycles. The minimum Gasteiger partial charge on any atom is -0.341 e. The van der Waals surface area contributed by atoms with Crippen LogP contribution in [0.2, 0.25) is 0 Å². The van der Waals surface area contributed by atoms with Gasteiger partial charge in [0.15, 0.2) is 0 Å². The lowest BCUT2D eigenvalue weighted by Gasteiger charge is -2.33. The van der Waals surface area contributed by atoms with Crippen LogP contribution in [0.25, 0.3) is 0 Å². The maximum Gasteiger partial charge on any atom is 0.271 e. The van der Waals surface area contributed by atoms with Crippen LogP contribution in [-0.2, 0) is 0 Å². The fraction of sp³-hybridized carbons (Fsp3) is 0.375. The molecule has 0 radical (unpaired) electrons. The van der Waals surface area contributed by atoms with Gasteiger partial charge in [-0.3, -0.25) is 4.79 Å². The van der Waals surface area contributed by atoms with Crippen LogP contribution >= 0.6 is 0 Å². The molecule has 2 aromatic rings. The Morgan fingerprint density at radius 1 is 1.40 bits per heavy atom. The smallest absolute Gasteiger partial charge is 0.271 e. The van der Waals surface area contributed by atoms with Crippen LogP contribution in [0.4, 0.5) is 0 Å². The highest BCUT2D eigenvalue weighted by Crippen LogP contribution is 2.29. The largest absolute Gasteiger partial charge is 0.341 e. The van der Waals surface area contributed by atoms with Gasteiger partial charge in [-0.25, -0.2) is 4.98 Å². The van der Waals surface area contributed by atoms with Gasteiger partial charge in [0.05, 0.1) is 12.5 Å². The standard InChI is InChI=1S/C16H19N3O/c1-12-5-2-3-7-14(12)13-6-4-8-19(10-13)16(20)15-9-17-11-18-15/h2-3,5,7,9,11,13H,4,6,8,10H2,1H3,(H,17,18). The summed E-state index contributed by atoms with van der Waals surface area (Å²) in [6.07, 6.45) is 5.35. The van der Waals surface area contributed by atoms with Gasteiger partial charge in [0.2, 0.25) is 0 Å². The molecule has 1 unspecified atom stereocenters. The average molecular weight is 269 g/mol. The number of nitrogens with zero attached hydrogens (tertiary/aromatic N) is 2. The highest BCUT2D eigenvalue weighted by Gasteiger charge is 2.26. The molecular formula is C16H19N3O. The first-order valence-corrected chi connectivity index (χ1v) is 7.09. The molecule has 1 aromatic heterocycles. The molecule has 1 atom stereocenters. The summed E-state index contributed by atoms with van der Waals surface area (Å²) in [7, 11) is 0. The van der Waals surface area contributed by atoms with Crippen LogP contribution < -0.4 is 0 Å². The predicted octanol–water partition coefficient (Wildman–Crippen LogP) is 2.74. The summed E-state index contributed by atoms with van der Waals surface area (Å²) in [6, 6.07) is 8.47. The molecule has 1 fully saturated rings. The van der Waals surface area contributed by atoms with Crippen molar-refractivity contribution in [2.45, 2.75) is 25.7 Å². The Kier molecular flexibility index (Phi) is 3.54. The normalized spacial score (nSPS) is 19.1. The molecule has 0 saturated carbocycles. The van der Waals surface area contributed by atoms with E-state index in [4.69, 9.17) is 0 Å². The van der Waals surface area contributed by atoms with E-state index in [0.29, 0.717) is 11.6 Å². The Balaban J connectivity index is 1.77. The number of imidazole rings is 1. The summed E-state index contributed by atoms with van der Waals surface area (Å²) in [5.41, 5.74) is 3.26. The zero-order valence-electron chi connectivity index (χ0n) is 11.7. The number of aryl methyl sites for hydroxylation is 1. The minimum absolute atomic E-state index is 0.0563. The fourth-order valence-corrected chi connectivity index (χ4v) is 3.00. The number of rotatable bonds is 2. The summed E-state index contributed by atoms with van der Waals surface area (Å²) in [6.45, 7) is 3.77. The van der Waals surface area contributed by atoms with Gasteiger partial charge < -0.3 is 9.88 Å². The van der Waals surface area contributed by atoms with Crippen molar-refractivity contribution in [2.75, 3.05) is 13.1 Å². The van der Waals surface area contributed by atoms with Crippen LogP contribution in [-0.4, -0.2) is 33.9 Å². The Hall–Kier alpha value is -2.10. The molecule has 104 valence electrons. The van der Waals surface area contributed by atoms with Crippen LogP contribution in [0.15, 0.2) is 36.8 Å². The molecule has 4 nitrogen and oxygen atoms in total. The number of carbonyl (C=O) groups is 1. The van der Waals surface area contributed by atoms with Crippen molar-refractivity contribution < 1.29 is 4.79 Å². The number of benzene rings is 1. The lowest BCUT2D eigenvalue weighted by Crippen LogP contribution is -2.39. The van der Waals surface area contributed by atoms with Crippen LogP contribution in [0, 0.1) is 6.92 Å². The van der Waals surface area contributed by atoms with Crippen molar-refractivity contribution in [1.29, 1.82) is 0 Å². The molecule has 0 spiro atoms. The number of H-pyrrole nitrogens is 1. The second-order valence-electron chi connectivity index (χ2n) is 5.41. The lowest BCUT2D eigenvalue weighted by molar-refractivity contribution is 0.0701. The second-order valence-corrected chi connectivity index (χ2v) is 5.41. The van der Waals surface area contributed by atoms with E-state index in [2.05, 4.69) is 41.2 Å². The molecule has 1 N–H and O–H groups in total. The molecule has 2 heterocycles. The van der Waals surface area contributed by atoms with Crippen molar-refractivity contribution in [2.24, 2.45) is 0 Å². The summed E-state index contributed by atoms with van der Waals surface area (Å²) in [5, 5.41) is 0. The van der Waals surface area contributed by atoms with Gasteiger partial charge in [0.25, 0.3) is 5.91 Å². The first kappa shape index (κ1) is 12.9. The number of hydrogen-bond acceptors (Lipinski definition) is 2. The van der Waals surface area contributed by atoms with Gasteiger partial charge in [-0.1, -0.05) is 24.3 Å². The van der Waals surface area contributed by atoms with Gasteiger partial charge in [0.1, 0.15) is 5.69 Å². The zero-order chi connectivity index (χ0) is 13.9. The summed E-state index contributed by atoms with van der Waals surface area (Å²) >= 11 is 0. The number of likely N-dealkylation sites (tertiary alicyclic amines) is 1. The number of aromatic amines is 1. The number of piperidine rings is 1. The van der Waals surface area contributed by atoms with E-state index in [1.165, 1.54) is 11.1 Å². The highest BCUT2D eigenvalue weighted by molar-refractivity contribution is 5.92. The molecule has 20 heavy (non-hydrogen) atoms. The Labute approximate surface area is 118 Å². The maximum atomic E-state index is 12.4. The molecule has 1 aliphatic heterocycles. The number of hydrogen-bond donors (Lipinski definition) is 1. The molecule has 0 bridgehead atoms. The monoisotopic (exact) mass is 269 g/mol. The van der Waals surface area contributed by atoms with Gasteiger partial charge in [-0.2, -0.15) is 0 Å². The van der Waals surface area contributed by atoms with E-state index in [1.54, 1.807) is 12.5 Å². The minimum atomic E-state index is 0.0563. The van der Waals surface area contributed by atoms with Crippen molar-refractivity contribution in [3.05, 3.63) is 53.6 Å². The quantitative estimate of drug-likeness (QED) is 0.911. The van der Waals surface area contributed by atoms with Crippen LogP contribution in [0.5, 0.6) is 0 Å². The highest BCUT2D eigenvalue weighted by atomic mass is 16.2. The molecule has 4 heteroatoms. The lowest BCUT2D eigenvalue weighted by atomic mass is 9.88. The van der Waals surface area contributed by atoms with E-state index < -0.39 is 0 Å². The van der Waals surface area contributed by atoms with E-state index in [9.17, 15) is 4.79 Å². The number of nitrogens with one attached hydrogen (secondary N) is 1. The van der Waals surface area contributed by atoms with E-state index in [0.717, 1.165) is 25.9 Å². The maximum absolute atomic E-state index is 12.4. The fourth-order valence-electron chi connectivity index (χ4n) is 3.00. The number of aromatic nitrogens is 2. The average Bonchev–Trinajstić information content (AvgIpc) is 3.01. The third-order valence-corrected chi connectivity index (χ3v) is 4.07. The first-order chi connectivity index (χ1) is 9.75. The Morgan fingerprint density at radius 2 is 2.25 bits per heavy atom. The molecule has 1 amide bonds. The van der Waals surface area contributed by atoms with Crippen molar-refractivity contribution in [3.63, 3.8) is 0 Å². The van der Waals surface area contributed by atoms with Gasteiger partial charge in [-0.15, -0.1) is 0 Å². The van der Waals surface area contributed by atoms with Crippen molar-refractivity contribution >= 4 is 5.91 Å². The van der Waals surface area contributed by atoms with Crippen molar-refractivity contribution in [1.82, 2.24) is 14.9 Å². The van der Waals surface area contributed by atoms with Crippen molar-refractivity contribution in [3.8, 4) is 0 Å².